The van der Waals surface area contributed by atoms with Crippen LogP contribution in [0.4, 0.5) is 11.5 Å². The lowest BCUT2D eigenvalue weighted by molar-refractivity contribution is -0.138. The van der Waals surface area contributed by atoms with Crippen LogP contribution in [0.15, 0.2) is 18.3 Å². The van der Waals surface area contributed by atoms with Gasteiger partial charge in [0, 0.05) is 13.0 Å². The number of hydrogen-bond donors (Lipinski definition) is 3. The fourth-order valence-electron chi connectivity index (χ4n) is 1.61. The third-order valence-electron chi connectivity index (χ3n) is 2.70. The van der Waals surface area contributed by atoms with E-state index in [2.05, 4.69) is 22.5 Å². The molecule has 6 nitrogen and oxygen atoms in total. The number of aliphatic carboxylic acids is 1. The second-order valence-electron chi connectivity index (χ2n) is 4.51. The molecular formula is C14H21N3O3. The van der Waals surface area contributed by atoms with Gasteiger partial charge in [0.1, 0.15) is 5.82 Å². The average Bonchev–Trinajstić information content (AvgIpc) is 2.43. The maximum Gasteiger partial charge on any atom is 0.303 e. The van der Waals surface area contributed by atoms with Gasteiger partial charge in [-0.1, -0.05) is 19.8 Å². The van der Waals surface area contributed by atoms with Crippen LogP contribution >= 0.6 is 0 Å². The van der Waals surface area contributed by atoms with Crippen molar-refractivity contribution in [2.24, 2.45) is 0 Å². The van der Waals surface area contributed by atoms with Crippen LogP contribution in [0.1, 0.15) is 39.0 Å². The topological polar surface area (TPSA) is 91.3 Å². The van der Waals surface area contributed by atoms with E-state index in [0.29, 0.717) is 5.69 Å². The zero-order valence-electron chi connectivity index (χ0n) is 11.7. The van der Waals surface area contributed by atoms with Gasteiger partial charge in [0.25, 0.3) is 0 Å². The lowest BCUT2D eigenvalue weighted by Gasteiger charge is -2.07. The quantitative estimate of drug-likeness (QED) is 0.604. The van der Waals surface area contributed by atoms with Crippen LogP contribution in [0.5, 0.6) is 0 Å². The van der Waals surface area contributed by atoms with Gasteiger partial charge in [-0.25, -0.2) is 4.98 Å². The number of nitrogens with zero attached hydrogens (tertiary/aromatic N) is 1. The molecule has 110 valence electrons. The Morgan fingerprint density at radius 3 is 2.65 bits per heavy atom. The Kier molecular flexibility index (Phi) is 7.10. The molecular weight excluding hydrogens is 258 g/mol. The summed E-state index contributed by atoms with van der Waals surface area (Å²) in [6.07, 6.45) is 4.82. The number of unbranched alkanes of at least 4 members (excludes halogenated alkanes) is 2. The van der Waals surface area contributed by atoms with E-state index >= 15 is 0 Å². The number of carboxylic acids is 1. The molecule has 0 aromatic carbocycles. The van der Waals surface area contributed by atoms with Gasteiger partial charge in [-0.3, -0.25) is 9.59 Å². The number of pyridine rings is 1. The Labute approximate surface area is 118 Å². The van der Waals surface area contributed by atoms with Gasteiger partial charge in [-0.2, -0.15) is 0 Å². The summed E-state index contributed by atoms with van der Waals surface area (Å²) in [6.45, 7) is 3.03. The number of carboxylic acid groups (broad SMARTS) is 1. The molecule has 1 aromatic heterocycles. The second-order valence-corrected chi connectivity index (χ2v) is 4.51. The highest BCUT2D eigenvalue weighted by atomic mass is 16.4. The van der Waals surface area contributed by atoms with Crippen molar-refractivity contribution < 1.29 is 14.7 Å². The van der Waals surface area contributed by atoms with E-state index < -0.39 is 5.97 Å². The zero-order valence-corrected chi connectivity index (χ0v) is 11.7. The standard InChI is InChI=1S/C14H21N3O3/c1-2-3-4-9-15-12-6-5-11(10-16-12)17-13(18)7-8-14(19)20/h5-6,10H,2-4,7-9H2,1H3,(H,15,16)(H,17,18)(H,19,20). The summed E-state index contributed by atoms with van der Waals surface area (Å²) in [4.78, 5) is 26.0. The molecule has 0 aliphatic heterocycles. The number of nitrogens with one attached hydrogen (secondary N) is 2. The van der Waals surface area contributed by atoms with Gasteiger partial charge >= 0.3 is 5.97 Å². The number of hydrogen-bond acceptors (Lipinski definition) is 4. The van der Waals surface area contributed by atoms with Gasteiger partial charge in [0.15, 0.2) is 0 Å². The summed E-state index contributed by atoms with van der Waals surface area (Å²) in [6, 6.07) is 3.53. The molecule has 0 saturated carbocycles. The Bertz CT molecular complexity index is 432. The first kappa shape index (κ1) is 15.9. The molecule has 0 aliphatic rings. The molecule has 1 rings (SSSR count). The summed E-state index contributed by atoms with van der Waals surface area (Å²) in [5.41, 5.74) is 0.569. The van der Waals surface area contributed by atoms with Crippen LogP contribution in [-0.4, -0.2) is 28.5 Å². The average molecular weight is 279 g/mol. The molecule has 0 atom stereocenters. The van der Waals surface area contributed by atoms with Crippen LogP contribution in [0, 0.1) is 0 Å². The van der Waals surface area contributed by atoms with Crippen LogP contribution in [0.2, 0.25) is 0 Å². The van der Waals surface area contributed by atoms with Crippen molar-refractivity contribution >= 4 is 23.4 Å². The van der Waals surface area contributed by atoms with E-state index in [9.17, 15) is 9.59 Å². The van der Waals surface area contributed by atoms with E-state index in [1.54, 1.807) is 18.3 Å². The highest BCUT2D eigenvalue weighted by Gasteiger charge is 2.05. The maximum atomic E-state index is 11.4. The molecule has 1 amide bonds. The molecule has 0 unspecified atom stereocenters. The highest BCUT2D eigenvalue weighted by molar-refractivity contribution is 5.92. The minimum absolute atomic E-state index is 0.0354. The van der Waals surface area contributed by atoms with Gasteiger partial charge < -0.3 is 15.7 Å². The summed E-state index contributed by atoms with van der Waals surface area (Å²) in [5.74, 6) is -0.535. The molecule has 0 aliphatic carbocycles. The molecule has 0 spiro atoms. The van der Waals surface area contributed by atoms with Crippen molar-refractivity contribution in [1.29, 1.82) is 0 Å². The van der Waals surface area contributed by atoms with Crippen molar-refractivity contribution in [3.8, 4) is 0 Å². The molecule has 0 bridgehead atoms. The van der Waals surface area contributed by atoms with E-state index in [4.69, 9.17) is 5.11 Å². The second kappa shape index (κ2) is 8.90. The van der Waals surface area contributed by atoms with Gasteiger partial charge in [-0.05, 0) is 18.6 Å². The minimum Gasteiger partial charge on any atom is -0.481 e. The van der Waals surface area contributed by atoms with Gasteiger partial charge in [-0.15, -0.1) is 0 Å². The third kappa shape index (κ3) is 6.72. The molecule has 1 aromatic rings. The number of amides is 1. The van der Waals surface area contributed by atoms with Crippen molar-refractivity contribution in [3.05, 3.63) is 18.3 Å². The van der Waals surface area contributed by atoms with Crippen LogP contribution in [0.25, 0.3) is 0 Å². The minimum atomic E-state index is -0.982. The maximum absolute atomic E-state index is 11.4. The van der Waals surface area contributed by atoms with Crippen molar-refractivity contribution in [1.82, 2.24) is 4.98 Å². The van der Waals surface area contributed by atoms with Gasteiger partial charge in [0.2, 0.25) is 5.91 Å². The number of carbonyl (C=O) groups is 2. The summed E-state index contributed by atoms with van der Waals surface area (Å²) >= 11 is 0. The van der Waals surface area contributed by atoms with Crippen LogP contribution < -0.4 is 10.6 Å². The molecule has 0 radical (unpaired) electrons. The number of carbonyl (C=O) groups excluding carboxylic acids is 1. The van der Waals surface area contributed by atoms with Crippen molar-refractivity contribution in [3.63, 3.8) is 0 Å². The first-order chi connectivity index (χ1) is 9.61. The number of aromatic nitrogens is 1. The predicted molar refractivity (Wildman–Crippen MR) is 77.8 cm³/mol. The third-order valence-corrected chi connectivity index (χ3v) is 2.70. The predicted octanol–water partition coefficient (Wildman–Crippen LogP) is 2.49. The fourth-order valence-corrected chi connectivity index (χ4v) is 1.61. The Balaban J connectivity index is 2.34. The first-order valence-corrected chi connectivity index (χ1v) is 6.83. The Morgan fingerprint density at radius 2 is 2.05 bits per heavy atom. The Morgan fingerprint density at radius 1 is 1.25 bits per heavy atom. The molecule has 20 heavy (non-hydrogen) atoms. The van der Waals surface area contributed by atoms with E-state index in [1.165, 1.54) is 12.8 Å². The Hall–Kier alpha value is -2.11. The monoisotopic (exact) mass is 279 g/mol. The van der Waals surface area contributed by atoms with E-state index in [-0.39, 0.29) is 18.7 Å². The van der Waals surface area contributed by atoms with E-state index in [1.807, 2.05) is 0 Å². The van der Waals surface area contributed by atoms with Crippen LogP contribution in [0.3, 0.4) is 0 Å². The lowest BCUT2D eigenvalue weighted by atomic mass is 10.2. The van der Waals surface area contributed by atoms with Crippen molar-refractivity contribution in [2.75, 3.05) is 17.2 Å². The molecule has 0 fully saturated rings. The summed E-state index contributed by atoms with van der Waals surface area (Å²) in [7, 11) is 0. The largest absolute Gasteiger partial charge is 0.481 e. The highest BCUT2D eigenvalue weighted by Crippen LogP contribution is 2.10. The molecule has 0 saturated heterocycles. The van der Waals surface area contributed by atoms with Crippen molar-refractivity contribution in [2.45, 2.75) is 39.0 Å². The summed E-state index contributed by atoms with van der Waals surface area (Å²) in [5, 5.41) is 14.3. The van der Waals surface area contributed by atoms with Gasteiger partial charge in [0.05, 0.1) is 18.3 Å². The SMILES string of the molecule is CCCCCNc1ccc(NC(=O)CCC(=O)O)cn1. The molecule has 3 N–H and O–H groups in total. The van der Waals surface area contributed by atoms with E-state index in [0.717, 1.165) is 18.8 Å². The molecule has 1 heterocycles. The zero-order chi connectivity index (χ0) is 14.8. The first-order valence-electron chi connectivity index (χ1n) is 6.83. The van der Waals surface area contributed by atoms with Crippen LogP contribution in [-0.2, 0) is 9.59 Å². The fraction of sp³-hybridized carbons (Fsp3) is 0.500. The number of rotatable bonds is 9. The lowest BCUT2D eigenvalue weighted by Crippen LogP contribution is -2.13. The molecule has 6 heteroatoms. The normalized spacial score (nSPS) is 10.1. The smallest absolute Gasteiger partial charge is 0.303 e. The number of anilines is 2. The summed E-state index contributed by atoms with van der Waals surface area (Å²) < 4.78 is 0.